The van der Waals surface area contributed by atoms with E-state index in [0.717, 1.165) is 37.6 Å². The molecule has 1 amide bonds. The number of hydrogen-bond donors (Lipinski definition) is 5. The lowest BCUT2D eigenvalue weighted by molar-refractivity contribution is -0.201. The zero-order valence-corrected chi connectivity index (χ0v) is 20.6. The van der Waals surface area contributed by atoms with Crippen LogP contribution in [0.5, 0.6) is 0 Å². The van der Waals surface area contributed by atoms with Crippen LogP contribution in [0.25, 0.3) is 0 Å². The van der Waals surface area contributed by atoms with Crippen molar-refractivity contribution < 1.29 is 38.6 Å². The average Bonchev–Trinajstić information content (AvgIpc) is 3.03. The SMILES string of the molecule is CCC[C@@H]1C[C@@H](C(=O)N[C@H]([C@H]2O[C@H](SC)[C@H](OP(=O)(O)O)[C@@H](O)[C@H]2O)[C@H](C)Cl)N(C)C1. The molecule has 2 saturated heterocycles. The fourth-order valence-electron chi connectivity index (χ4n) is 4.37. The second-order valence-corrected chi connectivity index (χ2v) is 11.1. The Morgan fingerprint density at radius 1 is 1.39 bits per heavy atom. The summed E-state index contributed by atoms with van der Waals surface area (Å²) in [5.41, 5.74) is -0.992. The number of hydrogen-bond acceptors (Lipinski definition) is 8. The first-order valence-corrected chi connectivity index (χ1v) is 13.6. The molecule has 2 rings (SSSR count). The van der Waals surface area contributed by atoms with Crippen LogP contribution in [0, 0.1) is 5.92 Å². The van der Waals surface area contributed by atoms with Crippen LogP contribution in [-0.2, 0) is 18.6 Å². The fraction of sp³-hybridized carbons (Fsp3) is 0.944. The number of likely N-dealkylation sites (tertiary alicyclic amines) is 1. The summed E-state index contributed by atoms with van der Waals surface area (Å²) in [5.74, 6) is 0.195. The van der Waals surface area contributed by atoms with Gasteiger partial charge in [0.05, 0.1) is 17.5 Å². The molecular weight excluding hydrogens is 471 g/mol. The number of nitrogens with one attached hydrogen (secondary N) is 1. The summed E-state index contributed by atoms with van der Waals surface area (Å²) in [6, 6.07) is -1.18. The zero-order valence-electron chi connectivity index (χ0n) is 18.1. The number of ether oxygens (including phenoxy) is 1. The van der Waals surface area contributed by atoms with Crippen molar-refractivity contribution in [3.63, 3.8) is 0 Å². The zero-order chi connectivity index (χ0) is 23.5. The molecule has 0 spiro atoms. The summed E-state index contributed by atoms with van der Waals surface area (Å²) in [4.78, 5) is 33.3. The van der Waals surface area contributed by atoms with Crippen molar-refractivity contribution in [3.8, 4) is 0 Å². The molecule has 0 aliphatic carbocycles. The van der Waals surface area contributed by atoms with E-state index in [0.29, 0.717) is 5.92 Å². The average molecular weight is 505 g/mol. The maximum Gasteiger partial charge on any atom is 0.470 e. The molecule has 0 aromatic rings. The maximum atomic E-state index is 13.0. The van der Waals surface area contributed by atoms with Crippen molar-refractivity contribution in [1.29, 1.82) is 0 Å². The highest BCUT2D eigenvalue weighted by Crippen LogP contribution is 2.43. The van der Waals surface area contributed by atoms with E-state index in [1.54, 1.807) is 13.2 Å². The van der Waals surface area contributed by atoms with Crippen LogP contribution in [-0.4, -0.2) is 98.0 Å². The highest BCUT2D eigenvalue weighted by molar-refractivity contribution is 7.99. The van der Waals surface area contributed by atoms with Crippen LogP contribution in [0.15, 0.2) is 0 Å². The van der Waals surface area contributed by atoms with E-state index < -0.39 is 49.1 Å². The largest absolute Gasteiger partial charge is 0.470 e. The molecule has 0 bridgehead atoms. The lowest BCUT2D eigenvalue weighted by Gasteiger charge is -2.45. The molecule has 10 nitrogen and oxygen atoms in total. The predicted molar refractivity (Wildman–Crippen MR) is 118 cm³/mol. The van der Waals surface area contributed by atoms with E-state index in [9.17, 15) is 19.6 Å². The van der Waals surface area contributed by atoms with Crippen LogP contribution in [0.1, 0.15) is 33.1 Å². The molecule has 0 aromatic carbocycles. The number of halogens is 1. The minimum atomic E-state index is -4.93. The number of amides is 1. The van der Waals surface area contributed by atoms with Gasteiger partial charge >= 0.3 is 7.82 Å². The summed E-state index contributed by atoms with van der Waals surface area (Å²) in [6.45, 7) is 4.57. The van der Waals surface area contributed by atoms with Crippen molar-refractivity contribution in [2.45, 2.75) is 80.4 Å². The number of thioether (sulfide) groups is 1. The number of nitrogens with zero attached hydrogens (tertiary/aromatic N) is 1. The number of carbonyl (C=O) groups excluding carboxylic acids is 1. The second-order valence-electron chi connectivity index (χ2n) is 8.30. The van der Waals surface area contributed by atoms with Gasteiger partial charge in [-0.3, -0.25) is 14.2 Å². The molecule has 2 aliphatic heterocycles. The van der Waals surface area contributed by atoms with Gasteiger partial charge in [0.1, 0.15) is 29.9 Å². The fourth-order valence-corrected chi connectivity index (χ4v) is 5.93. The molecule has 0 aromatic heterocycles. The third kappa shape index (κ3) is 7.02. The minimum Gasteiger partial charge on any atom is -0.388 e. The third-order valence-corrected chi connectivity index (χ3v) is 7.50. The molecule has 2 fully saturated rings. The van der Waals surface area contributed by atoms with Crippen LogP contribution in [0.4, 0.5) is 0 Å². The van der Waals surface area contributed by atoms with E-state index in [-0.39, 0.29) is 11.9 Å². The van der Waals surface area contributed by atoms with Gasteiger partial charge in [0.25, 0.3) is 0 Å². The Morgan fingerprint density at radius 2 is 2.03 bits per heavy atom. The standard InChI is InChI=1S/C18H34ClN2O8PS/c1-5-6-10-7-11(21(3)8-10)17(24)20-12(9(2)19)15-13(22)14(23)16(18(28-15)31-4)29-30(25,26)27/h9-16,18,22-23H,5-8H2,1-4H3,(H,20,24)(H2,25,26,27)/t9-,10+,11-,12-,13+,14-,15+,16+,18+/m0/s1. The molecule has 9 atom stereocenters. The maximum absolute atomic E-state index is 13.0. The third-order valence-electron chi connectivity index (χ3n) is 5.87. The van der Waals surface area contributed by atoms with Crippen LogP contribution in [0.2, 0.25) is 0 Å². The minimum absolute atomic E-state index is 0.238. The van der Waals surface area contributed by atoms with Gasteiger partial charge in [-0.05, 0) is 39.0 Å². The van der Waals surface area contributed by atoms with Gasteiger partial charge in [-0.15, -0.1) is 23.4 Å². The van der Waals surface area contributed by atoms with Gasteiger partial charge in [-0.1, -0.05) is 13.3 Å². The van der Waals surface area contributed by atoms with Gasteiger partial charge in [0, 0.05) is 6.54 Å². The number of phosphoric acid groups is 1. The predicted octanol–water partition coefficient (Wildman–Crippen LogP) is 0.506. The smallest absolute Gasteiger partial charge is 0.388 e. The first kappa shape index (κ1) is 27.3. The van der Waals surface area contributed by atoms with Crippen molar-refractivity contribution in [2.24, 2.45) is 5.92 Å². The lowest BCUT2D eigenvalue weighted by atomic mass is 9.92. The van der Waals surface area contributed by atoms with Crippen molar-refractivity contribution >= 4 is 37.1 Å². The van der Waals surface area contributed by atoms with Crippen molar-refractivity contribution in [3.05, 3.63) is 0 Å². The van der Waals surface area contributed by atoms with Gasteiger partial charge in [0.15, 0.2) is 0 Å². The van der Waals surface area contributed by atoms with Crippen LogP contribution in [0.3, 0.4) is 0 Å². The second kappa shape index (κ2) is 11.5. The summed E-state index contributed by atoms with van der Waals surface area (Å²) in [7, 11) is -3.04. The number of alkyl halides is 1. The Labute approximate surface area is 192 Å². The first-order valence-electron chi connectivity index (χ1n) is 10.3. The van der Waals surface area contributed by atoms with Gasteiger partial charge in [0.2, 0.25) is 5.91 Å². The quantitative estimate of drug-likeness (QED) is 0.222. The lowest BCUT2D eigenvalue weighted by Crippen LogP contribution is -2.65. The number of carbonyl (C=O) groups is 1. The molecule has 2 heterocycles. The van der Waals surface area contributed by atoms with Crippen LogP contribution < -0.4 is 5.32 Å². The molecule has 0 saturated carbocycles. The highest BCUT2D eigenvalue weighted by Gasteiger charge is 2.51. The normalized spacial score (nSPS) is 36.9. The topological polar surface area (TPSA) is 149 Å². The Balaban J connectivity index is 2.15. The van der Waals surface area contributed by atoms with E-state index in [1.807, 2.05) is 11.9 Å². The molecule has 0 radical (unpaired) electrons. The number of rotatable bonds is 9. The number of aliphatic hydroxyl groups excluding tert-OH is 2. The monoisotopic (exact) mass is 504 g/mol. The van der Waals surface area contributed by atoms with Gasteiger partial charge in [-0.25, -0.2) is 4.57 Å². The Hall–Kier alpha value is 0.0600. The molecule has 13 heteroatoms. The number of likely N-dealkylation sites (N-methyl/N-ethyl adjacent to an activating group) is 1. The number of phosphoric ester groups is 1. The molecule has 2 aliphatic rings. The molecule has 0 unspecified atom stereocenters. The number of aliphatic hydroxyl groups is 2. The summed E-state index contributed by atoms with van der Waals surface area (Å²) in [5, 5.41) is 23.4. The van der Waals surface area contributed by atoms with E-state index >= 15 is 0 Å². The van der Waals surface area contributed by atoms with Crippen molar-refractivity contribution in [1.82, 2.24) is 10.2 Å². The van der Waals surface area contributed by atoms with Gasteiger partial charge < -0.3 is 30.1 Å². The molecule has 5 N–H and O–H groups in total. The van der Waals surface area contributed by atoms with E-state index in [1.165, 1.54) is 0 Å². The van der Waals surface area contributed by atoms with Crippen molar-refractivity contribution in [2.75, 3.05) is 19.8 Å². The Kier molecular flexibility index (Phi) is 10.1. The molecular formula is C18H34ClN2O8PS. The Bertz CT molecular complexity index is 654. The van der Waals surface area contributed by atoms with Crippen LogP contribution >= 0.6 is 31.2 Å². The van der Waals surface area contributed by atoms with E-state index in [2.05, 4.69) is 16.8 Å². The molecule has 182 valence electrons. The van der Waals surface area contributed by atoms with Gasteiger partial charge in [-0.2, -0.15) is 0 Å². The highest BCUT2D eigenvalue weighted by atomic mass is 35.5. The first-order chi connectivity index (χ1) is 14.4. The summed E-state index contributed by atoms with van der Waals surface area (Å²) in [6.07, 6.45) is -1.37. The summed E-state index contributed by atoms with van der Waals surface area (Å²) < 4.78 is 21.7. The summed E-state index contributed by atoms with van der Waals surface area (Å²) >= 11 is 7.38. The van der Waals surface area contributed by atoms with E-state index in [4.69, 9.17) is 26.1 Å². The molecule has 31 heavy (non-hydrogen) atoms. The Morgan fingerprint density at radius 3 is 2.55 bits per heavy atom.